The molecule has 1 aliphatic heterocycles. The topological polar surface area (TPSA) is 75.7 Å². The number of carbonyl (C=O) groups is 1. The van der Waals surface area contributed by atoms with Crippen LogP contribution in [0.15, 0.2) is 47.4 Å². The number of sulfonamides is 1. The number of benzene rings is 2. The standard InChI is InChI=1S/C21H23ClF2N2O4S/c22-18-14-16(7-10-19(18)30-21(23)24)25-20(27)11-6-15-4-8-17(9-5-15)31(28,29)26-12-2-1-3-13-26/h4-5,7-10,14,21H,1-3,6,11-13H2,(H,25,27). The van der Waals surface area contributed by atoms with Gasteiger partial charge < -0.3 is 10.1 Å². The van der Waals surface area contributed by atoms with Crippen LogP contribution in [-0.4, -0.2) is 38.3 Å². The lowest BCUT2D eigenvalue weighted by Gasteiger charge is -2.25. The molecule has 0 saturated carbocycles. The number of hydrogen-bond acceptors (Lipinski definition) is 4. The average Bonchev–Trinajstić information content (AvgIpc) is 2.75. The number of anilines is 1. The second kappa shape index (κ2) is 10.4. The number of nitrogens with one attached hydrogen (secondary N) is 1. The highest BCUT2D eigenvalue weighted by Crippen LogP contribution is 2.29. The van der Waals surface area contributed by atoms with E-state index in [1.165, 1.54) is 22.5 Å². The van der Waals surface area contributed by atoms with Gasteiger partial charge in [-0.15, -0.1) is 0 Å². The van der Waals surface area contributed by atoms with Crippen LogP contribution in [-0.2, 0) is 21.2 Å². The number of amides is 1. The van der Waals surface area contributed by atoms with Gasteiger partial charge in [0.2, 0.25) is 15.9 Å². The first-order chi connectivity index (χ1) is 14.8. The van der Waals surface area contributed by atoms with Crippen molar-refractivity contribution >= 4 is 33.2 Å². The maximum Gasteiger partial charge on any atom is 0.387 e. The van der Waals surface area contributed by atoms with Gasteiger partial charge in [-0.05, 0) is 55.2 Å². The van der Waals surface area contributed by atoms with Crippen molar-refractivity contribution in [3.8, 4) is 5.75 Å². The van der Waals surface area contributed by atoms with Crippen LogP contribution in [0.3, 0.4) is 0 Å². The molecular weight excluding hydrogens is 450 g/mol. The van der Waals surface area contributed by atoms with Gasteiger partial charge in [0.15, 0.2) is 0 Å². The molecule has 0 bridgehead atoms. The van der Waals surface area contributed by atoms with E-state index in [4.69, 9.17) is 11.6 Å². The van der Waals surface area contributed by atoms with Crippen molar-refractivity contribution in [2.24, 2.45) is 0 Å². The molecule has 1 saturated heterocycles. The highest BCUT2D eigenvalue weighted by molar-refractivity contribution is 7.89. The number of ether oxygens (including phenoxy) is 1. The van der Waals surface area contributed by atoms with Crippen LogP contribution in [0.1, 0.15) is 31.2 Å². The first-order valence-electron chi connectivity index (χ1n) is 9.89. The Hall–Kier alpha value is -2.23. The van der Waals surface area contributed by atoms with Gasteiger partial charge in [0, 0.05) is 25.2 Å². The minimum atomic E-state index is -3.48. The van der Waals surface area contributed by atoms with E-state index in [0.29, 0.717) is 25.2 Å². The van der Waals surface area contributed by atoms with E-state index in [-0.39, 0.29) is 28.0 Å². The van der Waals surface area contributed by atoms with Crippen LogP contribution >= 0.6 is 11.6 Å². The smallest absolute Gasteiger partial charge is 0.387 e. The molecule has 0 radical (unpaired) electrons. The molecule has 1 heterocycles. The maximum atomic E-state index is 12.7. The second-order valence-corrected chi connectivity index (χ2v) is 9.53. The molecule has 0 aliphatic carbocycles. The van der Waals surface area contributed by atoms with Crippen molar-refractivity contribution in [2.75, 3.05) is 18.4 Å². The van der Waals surface area contributed by atoms with Gasteiger partial charge in [0.25, 0.3) is 0 Å². The molecule has 1 N–H and O–H groups in total. The van der Waals surface area contributed by atoms with Gasteiger partial charge in [0.05, 0.1) is 9.92 Å². The fraction of sp³-hybridized carbons (Fsp3) is 0.381. The van der Waals surface area contributed by atoms with Gasteiger partial charge in [-0.25, -0.2) is 8.42 Å². The van der Waals surface area contributed by atoms with Gasteiger partial charge in [-0.3, -0.25) is 4.79 Å². The van der Waals surface area contributed by atoms with Gasteiger partial charge in [-0.1, -0.05) is 30.2 Å². The van der Waals surface area contributed by atoms with Crippen LogP contribution < -0.4 is 10.1 Å². The van der Waals surface area contributed by atoms with Crippen molar-refractivity contribution in [1.82, 2.24) is 4.31 Å². The first-order valence-corrected chi connectivity index (χ1v) is 11.7. The molecule has 3 rings (SSSR count). The summed E-state index contributed by atoms with van der Waals surface area (Å²) in [6, 6.07) is 10.6. The normalized spacial score (nSPS) is 15.1. The van der Waals surface area contributed by atoms with E-state index >= 15 is 0 Å². The molecule has 1 aliphatic rings. The lowest BCUT2D eigenvalue weighted by molar-refractivity contribution is -0.116. The van der Waals surface area contributed by atoms with Crippen molar-refractivity contribution < 1.29 is 26.7 Å². The minimum absolute atomic E-state index is 0.0383. The summed E-state index contributed by atoms with van der Waals surface area (Å²) in [6.07, 6.45) is 3.37. The number of hydrogen-bond donors (Lipinski definition) is 1. The zero-order chi connectivity index (χ0) is 22.4. The Morgan fingerprint density at radius 3 is 2.39 bits per heavy atom. The Morgan fingerprint density at radius 1 is 1.10 bits per heavy atom. The summed E-state index contributed by atoms with van der Waals surface area (Å²) in [4.78, 5) is 12.4. The fourth-order valence-electron chi connectivity index (χ4n) is 3.33. The van der Waals surface area contributed by atoms with Crippen molar-refractivity contribution in [3.05, 3.63) is 53.1 Å². The Bertz CT molecular complexity index is 1010. The largest absolute Gasteiger partial charge is 0.433 e. The summed E-state index contributed by atoms with van der Waals surface area (Å²) in [5, 5.41) is 2.60. The molecule has 1 amide bonds. The fourth-order valence-corrected chi connectivity index (χ4v) is 5.08. The third kappa shape index (κ3) is 6.38. The summed E-state index contributed by atoms with van der Waals surface area (Å²) in [6.45, 7) is -1.90. The highest BCUT2D eigenvalue weighted by Gasteiger charge is 2.25. The van der Waals surface area contributed by atoms with Crippen molar-refractivity contribution in [1.29, 1.82) is 0 Å². The van der Waals surface area contributed by atoms with E-state index in [9.17, 15) is 22.0 Å². The zero-order valence-electron chi connectivity index (χ0n) is 16.7. The number of rotatable bonds is 8. The Morgan fingerprint density at radius 2 is 1.77 bits per heavy atom. The molecule has 10 heteroatoms. The van der Waals surface area contributed by atoms with E-state index in [0.717, 1.165) is 24.8 Å². The first kappa shape index (κ1) is 23.4. The number of piperidine rings is 1. The molecular formula is C21H23ClF2N2O4S. The van der Waals surface area contributed by atoms with E-state index < -0.39 is 16.6 Å². The van der Waals surface area contributed by atoms with Crippen LogP contribution in [0.25, 0.3) is 0 Å². The monoisotopic (exact) mass is 472 g/mol. The van der Waals surface area contributed by atoms with Crippen LogP contribution in [0.4, 0.5) is 14.5 Å². The molecule has 0 aromatic heterocycles. The Kier molecular flexibility index (Phi) is 7.85. The number of carbonyl (C=O) groups excluding carboxylic acids is 1. The van der Waals surface area contributed by atoms with Crippen molar-refractivity contribution in [3.63, 3.8) is 0 Å². The van der Waals surface area contributed by atoms with Crippen LogP contribution in [0.2, 0.25) is 5.02 Å². The third-order valence-electron chi connectivity index (χ3n) is 4.95. The Balaban J connectivity index is 1.54. The zero-order valence-corrected chi connectivity index (χ0v) is 18.3. The Labute approximate surface area is 185 Å². The quantitative estimate of drug-likeness (QED) is 0.605. The summed E-state index contributed by atoms with van der Waals surface area (Å²) in [5.41, 5.74) is 1.19. The molecule has 6 nitrogen and oxygen atoms in total. The van der Waals surface area contributed by atoms with E-state index in [2.05, 4.69) is 10.1 Å². The molecule has 0 spiro atoms. The number of halogens is 3. The maximum absolute atomic E-state index is 12.7. The molecule has 0 unspecified atom stereocenters. The van der Waals surface area contributed by atoms with Gasteiger partial charge >= 0.3 is 6.61 Å². The summed E-state index contributed by atoms with van der Waals surface area (Å²) < 4.78 is 55.7. The van der Waals surface area contributed by atoms with Gasteiger partial charge in [-0.2, -0.15) is 13.1 Å². The lowest BCUT2D eigenvalue weighted by atomic mass is 10.1. The molecule has 1 fully saturated rings. The average molecular weight is 473 g/mol. The number of alkyl halides is 2. The summed E-state index contributed by atoms with van der Waals surface area (Å²) >= 11 is 5.88. The number of nitrogens with zero attached hydrogens (tertiary/aromatic N) is 1. The molecule has 0 atom stereocenters. The molecule has 2 aromatic rings. The summed E-state index contributed by atoms with van der Waals surface area (Å²) in [7, 11) is -3.48. The molecule has 2 aromatic carbocycles. The van der Waals surface area contributed by atoms with Crippen LogP contribution in [0.5, 0.6) is 5.75 Å². The van der Waals surface area contributed by atoms with Crippen LogP contribution in [0, 0.1) is 0 Å². The minimum Gasteiger partial charge on any atom is -0.433 e. The SMILES string of the molecule is O=C(CCc1ccc(S(=O)(=O)N2CCCCC2)cc1)Nc1ccc(OC(F)F)c(Cl)c1. The van der Waals surface area contributed by atoms with Crippen molar-refractivity contribution in [2.45, 2.75) is 43.6 Å². The molecule has 31 heavy (non-hydrogen) atoms. The predicted molar refractivity (Wildman–Crippen MR) is 114 cm³/mol. The van der Waals surface area contributed by atoms with E-state index in [1.807, 2.05) is 0 Å². The van der Waals surface area contributed by atoms with Gasteiger partial charge in [0.1, 0.15) is 5.75 Å². The predicted octanol–water partition coefficient (Wildman–Crippen LogP) is 4.69. The lowest BCUT2D eigenvalue weighted by Crippen LogP contribution is -2.35. The molecule has 168 valence electrons. The summed E-state index contributed by atoms with van der Waals surface area (Å²) in [5.74, 6) is -0.460. The third-order valence-corrected chi connectivity index (χ3v) is 7.16. The second-order valence-electron chi connectivity index (χ2n) is 7.18. The van der Waals surface area contributed by atoms with E-state index in [1.54, 1.807) is 24.3 Å². The highest BCUT2D eigenvalue weighted by atomic mass is 35.5. The number of aryl methyl sites for hydroxylation is 1.